The average Bonchev–Trinajstić information content (AvgIpc) is 2.40. The van der Waals surface area contributed by atoms with Gasteiger partial charge < -0.3 is 10.4 Å². The topological polar surface area (TPSA) is 105 Å². The largest absolute Gasteiger partial charge is 0.478 e. The molecular weight excluding hydrogens is 236 g/mol. The van der Waals surface area contributed by atoms with Gasteiger partial charge in [0, 0.05) is 18.6 Å². The quantitative estimate of drug-likeness (QED) is 0.828. The van der Waals surface area contributed by atoms with Crippen LogP contribution in [0.5, 0.6) is 0 Å². The van der Waals surface area contributed by atoms with E-state index in [0.29, 0.717) is 5.82 Å². The summed E-state index contributed by atoms with van der Waals surface area (Å²) in [7, 11) is 0. The predicted octanol–water partition coefficient (Wildman–Crippen LogP) is 0.822. The summed E-state index contributed by atoms with van der Waals surface area (Å²) in [6.45, 7) is 0. The number of carbonyl (C=O) groups excluding carboxylic acids is 1. The molecule has 0 aromatic carbocycles. The van der Waals surface area contributed by atoms with Crippen molar-refractivity contribution in [2.45, 2.75) is 0 Å². The fourth-order valence-corrected chi connectivity index (χ4v) is 1.20. The SMILES string of the molecule is O=C(O)c1ccc(C(=O)Nc2cnccn2)nc1. The summed E-state index contributed by atoms with van der Waals surface area (Å²) >= 11 is 0. The van der Waals surface area contributed by atoms with Gasteiger partial charge in [0.05, 0.1) is 11.8 Å². The number of aromatic nitrogens is 3. The van der Waals surface area contributed by atoms with Gasteiger partial charge in [0.2, 0.25) is 0 Å². The second-order valence-electron chi connectivity index (χ2n) is 3.28. The number of carbonyl (C=O) groups is 2. The van der Waals surface area contributed by atoms with Crippen LogP contribution >= 0.6 is 0 Å². The first-order valence-electron chi connectivity index (χ1n) is 4.93. The maximum Gasteiger partial charge on any atom is 0.337 e. The number of hydrogen-bond acceptors (Lipinski definition) is 5. The summed E-state index contributed by atoms with van der Waals surface area (Å²) in [5.41, 5.74) is 0.122. The third kappa shape index (κ3) is 2.64. The van der Waals surface area contributed by atoms with Crippen molar-refractivity contribution < 1.29 is 14.7 Å². The van der Waals surface area contributed by atoms with Crippen molar-refractivity contribution in [1.29, 1.82) is 0 Å². The lowest BCUT2D eigenvalue weighted by atomic mass is 10.2. The molecule has 0 bridgehead atoms. The van der Waals surface area contributed by atoms with Crippen LogP contribution in [-0.4, -0.2) is 31.9 Å². The van der Waals surface area contributed by atoms with Gasteiger partial charge in [-0.05, 0) is 12.1 Å². The Kier molecular flexibility index (Phi) is 3.24. The van der Waals surface area contributed by atoms with Crippen LogP contribution in [0, 0.1) is 0 Å². The summed E-state index contributed by atoms with van der Waals surface area (Å²) in [6.07, 6.45) is 5.43. The third-order valence-corrected chi connectivity index (χ3v) is 2.05. The second-order valence-corrected chi connectivity index (χ2v) is 3.28. The van der Waals surface area contributed by atoms with Crippen molar-refractivity contribution in [2.75, 3.05) is 5.32 Å². The van der Waals surface area contributed by atoms with Gasteiger partial charge in [0.1, 0.15) is 5.69 Å². The van der Waals surface area contributed by atoms with Gasteiger partial charge in [-0.2, -0.15) is 0 Å². The van der Waals surface area contributed by atoms with E-state index in [4.69, 9.17) is 5.11 Å². The lowest BCUT2D eigenvalue weighted by Gasteiger charge is -2.02. The number of amides is 1. The number of rotatable bonds is 3. The summed E-state index contributed by atoms with van der Waals surface area (Å²) in [6, 6.07) is 2.63. The number of hydrogen-bond donors (Lipinski definition) is 2. The molecule has 0 radical (unpaired) electrons. The summed E-state index contributed by atoms with van der Waals surface area (Å²) in [4.78, 5) is 33.7. The van der Waals surface area contributed by atoms with E-state index in [1.165, 1.54) is 30.7 Å². The number of nitrogens with one attached hydrogen (secondary N) is 1. The van der Waals surface area contributed by atoms with E-state index in [1.807, 2.05) is 0 Å². The molecule has 7 nitrogen and oxygen atoms in total. The number of nitrogens with zero attached hydrogens (tertiary/aromatic N) is 3. The zero-order valence-corrected chi connectivity index (χ0v) is 9.07. The number of pyridine rings is 1. The molecule has 0 aliphatic carbocycles. The van der Waals surface area contributed by atoms with Crippen molar-refractivity contribution in [3.63, 3.8) is 0 Å². The highest BCUT2D eigenvalue weighted by atomic mass is 16.4. The molecule has 2 N–H and O–H groups in total. The Morgan fingerprint density at radius 3 is 2.50 bits per heavy atom. The number of aromatic carboxylic acids is 1. The summed E-state index contributed by atoms with van der Waals surface area (Å²) in [5, 5.41) is 11.2. The third-order valence-electron chi connectivity index (χ3n) is 2.05. The maximum atomic E-state index is 11.7. The monoisotopic (exact) mass is 244 g/mol. The van der Waals surface area contributed by atoms with Crippen LogP contribution in [0.15, 0.2) is 36.9 Å². The molecule has 2 aromatic heterocycles. The molecule has 2 aromatic rings. The van der Waals surface area contributed by atoms with Gasteiger partial charge in [-0.25, -0.2) is 9.78 Å². The summed E-state index contributed by atoms with van der Waals surface area (Å²) < 4.78 is 0. The Labute approximate surface area is 102 Å². The minimum Gasteiger partial charge on any atom is -0.478 e. The van der Waals surface area contributed by atoms with E-state index in [9.17, 15) is 9.59 Å². The zero-order chi connectivity index (χ0) is 13.0. The van der Waals surface area contributed by atoms with Crippen molar-refractivity contribution in [3.8, 4) is 0 Å². The maximum absolute atomic E-state index is 11.7. The van der Waals surface area contributed by atoms with Gasteiger partial charge in [0.15, 0.2) is 5.82 Å². The van der Waals surface area contributed by atoms with E-state index in [0.717, 1.165) is 6.20 Å². The van der Waals surface area contributed by atoms with Crippen LogP contribution in [0.3, 0.4) is 0 Å². The van der Waals surface area contributed by atoms with E-state index >= 15 is 0 Å². The zero-order valence-electron chi connectivity index (χ0n) is 9.07. The molecule has 90 valence electrons. The van der Waals surface area contributed by atoms with Crippen LogP contribution in [-0.2, 0) is 0 Å². The molecule has 0 saturated carbocycles. The highest BCUT2D eigenvalue weighted by Crippen LogP contribution is 2.04. The molecule has 0 aliphatic heterocycles. The molecule has 0 saturated heterocycles. The molecule has 0 atom stereocenters. The van der Waals surface area contributed by atoms with Crippen LogP contribution in [0.4, 0.5) is 5.82 Å². The standard InChI is InChI=1S/C11H8N4O3/c16-10(15-9-6-12-3-4-13-9)8-2-1-7(5-14-8)11(17)18/h1-6H,(H,17,18)(H,13,15,16). The van der Waals surface area contributed by atoms with Crippen molar-refractivity contribution >= 4 is 17.7 Å². The van der Waals surface area contributed by atoms with Crippen LogP contribution < -0.4 is 5.32 Å². The smallest absolute Gasteiger partial charge is 0.337 e. The highest BCUT2D eigenvalue weighted by molar-refractivity contribution is 6.02. The minimum atomic E-state index is -1.09. The molecule has 1 amide bonds. The average molecular weight is 244 g/mol. The molecule has 0 aliphatic rings. The first-order chi connectivity index (χ1) is 8.66. The van der Waals surface area contributed by atoms with Crippen molar-refractivity contribution in [1.82, 2.24) is 15.0 Å². The molecule has 2 rings (SSSR count). The highest BCUT2D eigenvalue weighted by Gasteiger charge is 2.10. The van der Waals surface area contributed by atoms with Crippen molar-refractivity contribution in [3.05, 3.63) is 48.2 Å². The van der Waals surface area contributed by atoms with E-state index in [1.54, 1.807) is 0 Å². The van der Waals surface area contributed by atoms with Crippen LogP contribution in [0.2, 0.25) is 0 Å². The lowest BCUT2D eigenvalue weighted by molar-refractivity contribution is 0.0696. The number of anilines is 1. The number of carboxylic acid groups (broad SMARTS) is 1. The molecule has 0 unspecified atom stereocenters. The van der Waals surface area contributed by atoms with Crippen LogP contribution in [0.25, 0.3) is 0 Å². The predicted molar refractivity (Wildman–Crippen MR) is 61.2 cm³/mol. The Morgan fingerprint density at radius 2 is 1.94 bits per heavy atom. The molecule has 2 heterocycles. The Hall–Kier alpha value is -2.83. The molecule has 0 spiro atoms. The Bertz CT molecular complexity index is 569. The van der Waals surface area contributed by atoms with Gasteiger partial charge in [-0.3, -0.25) is 14.8 Å². The molecule has 7 heteroatoms. The second kappa shape index (κ2) is 5.00. The molecular formula is C11H8N4O3. The van der Waals surface area contributed by atoms with Gasteiger partial charge in [-0.1, -0.05) is 0 Å². The van der Waals surface area contributed by atoms with E-state index < -0.39 is 11.9 Å². The van der Waals surface area contributed by atoms with Gasteiger partial charge >= 0.3 is 5.97 Å². The summed E-state index contributed by atoms with van der Waals surface area (Å²) in [5.74, 6) is -1.28. The Morgan fingerprint density at radius 1 is 1.11 bits per heavy atom. The molecule has 0 fully saturated rings. The first-order valence-corrected chi connectivity index (χ1v) is 4.93. The normalized spacial score (nSPS) is 9.78. The lowest BCUT2D eigenvalue weighted by Crippen LogP contribution is -2.15. The molecule has 18 heavy (non-hydrogen) atoms. The minimum absolute atomic E-state index is 0.0195. The number of carboxylic acids is 1. The first kappa shape index (κ1) is 11.6. The van der Waals surface area contributed by atoms with Gasteiger partial charge in [0.25, 0.3) is 5.91 Å². The Balaban J connectivity index is 2.12. The van der Waals surface area contributed by atoms with Gasteiger partial charge in [-0.15, -0.1) is 0 Å². The fraction of sp³-hybridized carbons (Fsp3) is 0. The van der Waals surface area contributed by atoms with Crippen LogP contribution in [0.1, 0.15) is 20.8 Å². The fourth-order valence-electron chi connectivity index (χ4n) is 1.20. The van der Waals surface area contributed by atoms with E-state index in [2.05, 4.69) is 20.3 Å². The van der Waals surface area contributed by atoms with Crippen molar-refractivity contribution in [2.24, 2.45) is 0 Å². The van der Waals surface area contributed by atoms with E-state index in [-0.39, 0.29) is 11.3 Å².